The Kier molecular flexibility index (Phi) is 4.57. The van der Waals surface area contributed by atoms with Gasteiger partial charge in [-0.3, -0.25) is 0 Å². The second-order valence-electron chi connectivity index (χ2n) is 6.72. The number of aromatic nitrogens is 4. The number of nitrogens with zero attached hydrogens (tertiary/aromatic N) is 5. The van der Waals surface area contributed by atoms with Gasteiger partial charge in [-0.05, 0) is 31.1 Å². The van der Waals surface area contributed by atoms with Crippen molar-refractivity contribution in [3.63, 3.8) is 0 Å². The highest BCUT2D eigenvalue weighted by Crippen LogP contribution is 2.27. The van der Waals surface area contributed by atoms with Gasteiger partial charge in [0.05, 0.1) is 12.7 Å². The highest BCUT2D eigenvalue weighted by Gasteiger charge is 2.23. The minimum atomic E-state index is 0.251. The molecule has 0 fully saturated rings. The van der Waals surface area contributed by atoms with Gasteiger partial charge in [0.1, 0.15) is 11.0 Å². The first-order valence-electron chi connectivity index (χ1n) is 8.75. The number of imidazole rings is 1. The fraction of sp³-hybridized carbons (Fsp3) is 0.333. The second kappa shape index (κ2) is 7.03. The number of halogens is 1. The van der Waals surface area contributed by atoms with Crippen LogP contribution in [0.2, 0.25) is 5.15 Å². The first kappa shape index (κ1) is 17.5. The van der Waals surface area contributed by atoms with Gasteiger partial charge < -0.3 is 24.7 Å². The zero-order valence-electron chi connectivity index (χ0n) is 15.1. The summed E-state index contributed by atoms with van der Waals surface area (Å²) in [5.41, 5.74) is 2.49. The first-order chi connectivity index (χ1) is 13.0. The average Bonchev–Trinajstić information content (AvgIpc) is 3.28. The topological polar surface area (TPSA) is 95.9 Å². The molecule has 0 unspecified atom stereocenters. The molecule has 0 saturated heterocycles. The maximum Gasteiger partial charge on any atom is 0.266 e. The molecule has 2 aromatic heterocycles. The van der Waals surface area contributed by atoms with E-state index < -0.39 is 0 Å². The molecule has 0 atom stereocenters. The van der Waals surface area contributed by atoms with Crippen LogP contribution < -0.4 is 10.2 Å². The van der Waals surface area contributed by atoms with Crippen molar-refractivity contribution in [2.75, 3.05) is 16.8 Å². The van der Waals surface area contributed by atoms with Gasteiger partial charge in [0.25, 0.3) is 11.8 Å². The summed E-state index contributed by atoms with van der Waals surface area (Å²) in [6.07, 6.45) is 2.99. The molecule has 3 heterocycles. The van der Waals surface area contributed by atoms with Gasteiger partial charge in [-0.1, -0.05) is 17.7 Å². The number of rotatable bonds is 5. The predicted molar refractivity (Wildman–Crippen MR) is 105 cm³/mol. The summed E-state index contributed by atoms with van der Waals surface area (Å²) >= 11 is 6.12. The van der Waals surface area contributed by atoms with Gasteiger partial charge >= 0.3 is 0 Å². The van der Waals surface area contributed by atoms with Crippen LogP contribution in [0.3, 0.4) is 0 Å². The maximum absolute atomic E-state index is 7.56. The van der Waals surface area contributed by atoms with Crippen LogP contribution in [0.1, 0.15) is 25.2 Å². The molecule has 1 aromatic carbocycles. The number of fused-ring (bicyclic) bond motifs is 1. The van der Waals surface area contributed by atoms with E-state index in [0.717, 1.165) is 35.7 Å². The summed E-state index contributed by atoms with van der Waals surface area (Å²) in [4.78, 5) is 10.9. The zero-order chi connectivity index (χ0) is 19.0. The Morgan fingerprint density at radius 2 is 2.19 bits per heavy atom. The molecule has 9 heteroatoms. The summed E-state index contributed by atoms with van der Waals surface area (Å²) in [7, 11) is 0. The lowest BCUT2D eigenvalue weighted by Gasteiger charge is -2.26. The third-order valence-electron chi connectivity index (χ3n) is 4.41. The van der Waals surface area contributed by atoms with Gasteiger partial charge in [-0.15, -0.1) is 0 Å². The molecule has 0 spiro atoms. The number of hydrogen-bond donors (Lipinski definition) is 2. The summed E-state index contributed by atoms with van der Waals surface area (Å²) < 4.78 is 7.47. The molecule has 140 valence electrons. The summed E-state index contributed by atoms with van der Waals surface area (Å²) in [5.74, 6) is 1.86. The molecule has 0 radical (unpaired) electrons. The largest absolute Gasteiger partial charge is 0.382 e. The molecule has 2 N–H and O–H groups in total. The molecule has 1 aliphatic heterocycles. The van der Waals surface area contributed by atoms with Crippen molar-refractivity contribution >= 4 is 29.5 Å². The van der Waals surface area contributed by atoms with Gasteiger partial charge in [0.2, 0.25) is 0 Å². The molecule has 1 aliphatic rings. The van der Waals surface area contributed by atoms with E-state index in [1.165, 1.54) is 6.21 Å². The quantitative estimate of drug-likeness (QED) is 0.653. The van der Waals surface area contributed by atoms with Crippen LogP contribution >= 0.6 is 11.6 Å². The summed E-state index contributed by atoms with van der Waals surface area (Å²) in [6, 6.07) is 5.93. The Hall–Kier alpha value is -2.87. The lowest BCUT2D eigenvalue weighted by molar-refractivity contribution is 0.426. The molecular weight excluding hydrogens is 366 g/mol. The Balaban J connectivity index is 1.59. The minimum absolute atomic E-state index is 0.251. The van der Waals surface area contributed by atoms with Crippen molar-refractivity contribution in [1.29, 1.82) is 5.41 Å². The van der Waals surface area contributed by atoms with Crippen molar-refractivity contribution in [3.8, 4) is 11.5 Å². The van der Waals surface area contributed by atoms with Crippen molar-refractivity contribution in [2.24, 2.45) is 0 Å². The first-order valence-corrected chi connectivity index (χ1v) is 9.13. The Labute approximate surface area is 161 Å². The van der Waals surface area contributed by atoms with Crippen LogP contribution in [-0.4, -0.2) is 38.5 Å². The monoisotopic (exact) mass is 385 g/mol. The van der Waals surface area contributed by atoms with Crippen molar-refractivity contribution in [3.05, 3.63) is 40.9 Å². The Bertz CT molecular complexity index is 978. The van der Waals surface area contributed by atoms with Crippen molar-refractivity contribution < 1.29 is 4.52 Å². The molecule has 0 saturated carbocycles. The predicted octanol–water partition coefficient (Wildman–Crippen LogP) is 3.42. The molecule has 8 nitrogen and oxygen atoms in total. The number of benzene rings is 1. The van der Waals surface area contributed by atoms with Crippen LogP contribution in [-0.2, 0) is 13.1 Å². The molecule has 0 bridgehead atoms. The van der Waals surface area contributed by atoms with Crippen LogP contribution in [0.5, 0.6) is 0 Å². The van der Waals surface area contributed by atoms with E-state index in [0.29, 0.717) is 23.5 Å². The summed E-state index contributed by atoms with van der Waals surface area (Å²) in [5, 5.41) is 15.7. The van der Waals surface area contributed by atoms with Crippen LogP contribution in [0.4, 0.5) is 11.6 Å². The Morgan fingerprint density at radius 3 is 2.96 bits per heavy atom. The Morgan fingerprint density at radius 1 is 1.33 bits per heavy atom. The van der Waals surface area contributed by atoms with Gasteiger partial charge in [0.15, 0.2) is 0 Å². The van der Waals surface area contributed by atoms with E-state index in [1.54, 1.807) is 6.20 Å². The van der Waals surface area contributed by atoms with E-state index in [2.05, 4.69) is 34.3 Å². The van der Waals surface area contributed by atoms with Crippen LogP contribution in [0.25, 0.3) is 11.5 Å². The number of hydrogen-bond acceptors (Lipinski definition) is 7. The lowest BCUT2D eigenvalue weighted by atomic mass is 10.1. The molecule has 0 aliphatic carbocycles. The fourth-order valence-electron chi connectivity index (χ4n) is 3.11. The molecular formula is C18H20ClN7O. The van der Waals surface area contributed by atoms with E-state index in [4.69, 9.17) is 21.5 Å². The standard InChI is InChI=1S/C18H20ClN7O/c1-11(2)22-14-7-12(3-4-13(14)8-20)17-23-18(24-27-17)25-5-6-26-15(19)9-21-16(26)10-25/h3-4,7-9,11,20,22H,5-6,10H2,1-2H3. The number of nitrogens with one attached hydrogen (secondary N) is 2. The maximum atomic E-state index is 7.56. The number of anilines is 2. The van der Waals surface area contributed by atoms with Gasteiger partial charge in [-0.2, -0.15) is 4.98 Å². The molecule has 0 amide bonds. The van der Waals surface area contributed by atoms with Gasteiger partial charge in [-0.25, -0.2) is 4.98 Å². The normalized spacial score (nSPS) is 13.7. The van der Waals surface area contributed by atoms with E-state index >= 15 is 0 Å². The van der Waals surface area contributed by atoms with Crippen molar-refractivity contribution in [2.45, 2.75) is 33.0 Å². The van der Waals surface area contributed by atoms with Crippen molar-refractivity contribution in [1.82, 2.24) is 19.7 Å². The van der Waals surface area contributed by atoms with E-state index in [-0.39, 0.29) is 6.04 Å². The molecule has 3 aromatic rings. The smallest absolute Gasteiger partial charge is 0.266 e. The van der Waals surface area contributed by atoms with Crippen LogP contribution in [0, 0.1) is 5.41 Å². The third-order valence-corrected chi connectivity index (χ3v) is 4.72. The SMILES string of the molecule is CC(C)Nc1cc(-c2nc(N3CCn4c(Cl)cnc4C3)no2)ccc1C=N. The highest BCUT2D eigenvalue weighted by atomic mass is 35.5. The molecule has 27 heavy (non-hydrogen) atoms. The average molecular weight is 386 g/mol. The molecule has 4 rings (SSSR count). The highest BCUT2D eigenvalue weighted by molar-refractivity contribution is 6.29. The minimum Gasteiger partial charge on any atom is -0.382 e. The zero-order valence-corrected chi connectivity index (χ0v) is 15.9. The van der Waals surface area contributed by atoms with E-state index in [1.807, 2.05) is 27.7 Å². The lowest BCUT2D eigenvalue weighted by Crippen LogP contribution is -2.34. The van der Waals surface area contributed by atoms with Crippen LogP contribution in [0.15, 0.2) is 28.9 Å². The summed E-state index contributed by atoms with van der Waals surface area (Å²) in [6.45, 7) is 6.15. The fourth-order valence-corrected chi connectivity index (χ4v) is 3.34. The van der Waals surface area contributed by atoms with Gasteiger partial charge in [0, 0.05) is 42.2 Å². The van der Waals surface area contributed by atoms with E-state index in [9.17, 15) is 0 Å². The third kappa shape index (κ3) is 3.40. The second-order valence-corrected chi connectivity index (χ2v) is 7.10.